The normalized spacial score (nSPS) is 19.1. The van der Waals surface area contributed by atoms with Crippen LogP contribution >= 0.6 is 0 Å². The second-order valence-corrected chi connectivity index (χ2v) is 5.85. The first-order chi connectivity index (χ1) is 9.22. The lowest BCUT2D eigenvalue weighted by atomic mass is 9.88. The Bertz CT molecular complexity index is 319. The van der Waals surface area contributed by atoms with E-state index < -0.39 is 0 Å². The molecule has 1 heterocycles. The van der Waals surface area contributed by atoms with Crippen LogP contribution in [0.4, 0.5) is 0 Å². The van der Waals surface area contributed by atoms with E-state index in [9.17, 15) is 5.26 Å². The van der Waals surface area contributed by atoms with Gasteiger partial charge in [0.05, 0.1) is 6.07 Å². The Morgan fingerprint density at radius 1 is 1.16 bits per heavy atom. The number of nitrogens with zero attached hydrogens (tertiary/aromatic N) is 2. The van der Waals surface area contributed by atoms with E-state index in [2.05, 4.69) is 31.7 Å². The first-order valence-corrected chi connectivity index (χ1v) is 8.07. The van der Waals surface area contributed by atoms with Gasteiger partial charge in [-0.05, 0) is 57.7 Å². The Hall–Kier alpha value is -0.810. The molecular formula is C17H30N2. The molecule has 1 fully saturated rings. The highest BCUT2D eigenvalue weighted by Crippen LogP contribution is 2.26. The molecule has 0 bridgehead atoms. The molecule has 0 aliphatic carbocycles. The van der Waals surface area contributed by atoms with Crippen molar-refractivity contribution in [1.29, 1.82) is 5.26 Å². The van der Waals surface area contributed by atoms with E-state index in [0.717, 1.165) is 31.3 Å². The van der Waals surface area contributed by atoms with E-state index in [1.54, 1.807) is 0 Å². The van der Waals surface area contributed by atoms with Crippen LogP contribution in [0, 0.1) is 17.2 Å². The van der Waals surface area contributed by atoms with Gasteiger partial charge in [0.15, 0.2) is 0 Å². The molecule has 1 rings (SSSR count). The molecule has 2 nitrogen and oxygen atoms in total. The summed E-state index contributed by atoms with van der Waals surface area (Å²) < 4.78 is 0. The van der Waals surface area contributed by atoms with Crippen molar-refractivity contribution in [3.8, 4) is 6.07 Å². The van der Waals surface area contributed by atoms with E-state index in [1.165, 1.54) is 44.5 Å². The molecule has 1 aliphatic heterocycles. The van der Waals surface area contributed by atoms with Crippen molar-refractivity contribution in [2.45, 2.75) is 65.7 Å². The second-order valence-electron chi connectivity index (χ2n) is 5.85. The van der Waals surface area contributed by atoms with Gasteiger partial charge in [0, 0.05) is 5.57 Å². The summed E-state index contributed by atoms with van der Waals surface area (Å²) in [5, 5.41) is 9.36. The van der Waals surface area contributed by atoms with Gasteiger partial charge in [-0.1, -0.05) is 39.2 Å². The summed E-state index contributed by atoms with van der Waals surface area (Å²) in [7, 11) is 0. The summed E-state index contributed by atoms with van der Waals surface area (Å²) in [6.45, 7) is 10.5. The van der Waals surface area contributed by atoms with Crippen molar-refractivity contribution >= 4 is 0 Å². The van der Waals surface area contributed by atoms with E-state index in [4.69, 9.17) is 0 Å². The third-order valence-corrected chi connectivity index (χ3v) is 4.21. The van der Waals surface area contributed by atoms with Gasteiger partial charge in [-0.15, -0.1) is 0 Å². The summed E-state index contributed by atoms with van der Waals surface area (Å²) in [6, 6.07) is 2.46. The van der Waals surface area contributed by atoms with Gasteiger partial charge in [-0.3, -0.25) is 0 Å². The quantitative estimate of drug-likeness (QED) is 0.601. The highest BCUT2D eigenvalue weighted by molar-refractivity contribution is 5.29. The summed E-state index contributed by atoms with van der Waals surface area (Å²) in [5.41, 5.74) is 2.50. The van der Waals surface area contributed by atoms with Crippen molar-refractivity contribution in [3.05, 3.63) is 11.1 Å². The van der Waals surface area contributed by atoms with Gasteiger partial charge in [0.1, 0.15) is 0 Å². The van der Waals surface area contributed by atoms with E-state index in [0.29, 0.717) is 5.92 Å². The van der Waals surface area contributed by atoms with Crippen molar-refractivity contribution < 1.29 is 0 Å². The Kier molecular flexibility index (Phi) is 7.82. The molecule has 1 atom stereocenters. The highest BCUT2D eigenvalue weighted by Gasteiger charge is 2.16. The zero-order valence-corrected chi connectivity index (χ0v) is 13.0. The van der Waals surface area contributed by atoms with Crippen LogP contribution in [0.5, 0.6) is 0 Å². The van der Waals surface area contributed by atoms with Crippen LogP contribution in [0.2, 0.25) is 0 Å². The molecule has 0 saturated carbocycles. The fourth-order valence-corrected chi connectivity index (χ4v) is 3.06. The predicted molar refractivity (Wildman–Crippen MR) is 81.9 cm³/mol. The lowest BCUT2D eigenvalue weighted by Gasteiger charge is -2.21. The van der Waals surface area contributed by atoms with Gasteiger partial charge < -0.3 is 4.90 Å². The molecule has 1 aliphatic rings. The lowest BCUT2D eigenvalue weighted by Crippen LogP contribution is -2.22. The lowest BCUT2D eigenvalue weighted by molar-refractivity contribution is 0.315. The molecule has 0 aromatic rings. The largest absolute Gasteiger partial charge is 0.303 e. The van der Waals surface area contributed by atoms with Crippen LogP contribution in [-0.2, 0) is 0 Å². The number of likely N-dealkylation sites (tertiary alicyclic amines) is 1. The molecule has 0 N–H and O–H groups in total. The zero-order valence-electron chi connectivity index (χ0n) is 13.0. The highest BCUT2D eigenvalue weighted by atomic mass is 15.1. The number of rotatable bonds is 8. The molecule has 0 spiro atoms. The number of nitriles is 1. The Balaban J connectivity index is 2.60. The van der Waals surface area contributed by atoms with E-state index >= 15 is 0 Å². The van der Waals surface area contributed by atoms with Gasteiger partial charge in [0.25, 0.3) is 0 Å². The van der Waals surface area contributed by atoms with Gasteiger partial charge in [-0.2, -0.15) is 5.26 Å². The zero-order chi connectivity index (χ0) is 14.1. The third kappa shape index (κ3) is 5.37. The Morgan fingerprint density at radius 2 is 1.79 bits per heavy atom. The van der Waals surface area contributed by atoms with Crippen LogP contribution in [0.15, 0.2) is 11.1 Å². The average Bonchev–Trinajstić information content (AvgIpc) is 2.93. The number of allylic oxidation sites excluding steroid dienone is 2. The fourth-order valence-electron chi connectivity index (χ4n) is 3.06. The molecule has 0 aromatic carbocycles. The van der Waals surface area contributed by atoms with Gasteiger partial charge >= 0.3 is 0 Å². The summed E-state index contributed by atoms with van der Waals surface area (Å²) in [4.78, 5) is 2.58. The topological polar surface area (TPSA) is 27.0 Å². The fraction of sp³-hybridized carbons (Fsp3) is 0.824. The summed E-state index contributed by atoms with van der Waals surface area (Å²) in [5.74, 6) is 0.571. The summed E-state index contributed by atoms with van der Waals surface area (Å²) in [6.07, 6.45) is 8.23. The maximum absolute atomic E-state index is 9.36. The number of hydrogen-bond donors (Lipinski definition) is 0. The predicted octanol–water partition coefficient (Wildman–Crippen LogP) is 4.53. The minimum absolute atomic E-state index is 0.571. The third-order valence-electron chi connectivity index (χ3n) is 4.21. The minimum atomic E-state index is 0.571. The van der Waals surface area contributed by atoms with Gasteiger partial charge in [0.2, 0.25) is 0 Å². The van der Waals surface area contributed by atoms with Crippen LogP contribution in [0.25, 0.3) is 0 Å². The number of hydrogen-bond acceptors (Lipinski definition) is 2. The van der Waals surface area contributed by atoms with Gasteiger partial charge in [-0.25, -0.2) is 0 Å². The molecule has 0 amide bonds. The molecule has 0 radical (unpaired) electrons. The Labute approximate surface area is 119 Å². The van der Waals surface area contributed by atoms with Crippen molar-refractivity contribution in [2.75, 3.05) is 19.6 Å². The van der Waals surface area contributed by atoms with Crippen LogP contribution in [0.1, 0.15) is 65.7 Å². The average molecular weight is 262 g/mol. The second kappa shape index (κ2) is 9.15. The SMILES string of the molecule is CCC/C(C#N)=C(\CCC)C(C)CCN1CCCC1. The Morgan fingerprint density at radius 3 is 2.32 bits per heavy atom. The minimum Gasteiger partial charge on any atom is -0.303 e. The molecule has 0 aromatic heterocycles. The molecule has 108 valence electrons. The smallest absolute Gasteiger partial charge is 0.0946 e. The first-order valence-electron chi connectivity index (χ1n) is 8.07. The van der Waals surface area contributed by atoms with Crippen LogP contribution < -0.4 is 0 Å². The molecular weight excluding hydrogens is 232 g/mol. The molecule has 2 heteroatoms. The molecule has 19 heavy (non-hydrogen) atoms. The van der Waals surface area contributed by atoms with E-state index in [1.807, 2.05) is 0 Å². The van der Waals surface area contributed by atoms with Crippen molar-refractivity contribution in [1.82, 2.24) is 4.90 Å². The summed E-state index contributed by atoms with van der Waals surface area (Å²) >= 11 is 0. The monoisotopic (exact) mass is 262 g/mol. The van der Waals surface area contributed by atoms with Crippen LogP contribution in [-0.4, -0.2) is 24.5 Å². The van der Waals surface area contributed by atoms with E-state index in [-0.39, 0.29) is 0 Å². The molecule has 1 saturated heterocycles. The first kappa shape index (κ1) is 16.2. The standard InChI is InChI=1S/C17H30N2/c1-4-8-16(14-18)17(9-5-2)15(3)10-13-19-11-6-7-12-19/h15H,4-13H2,1-3H3/b17-16-. The van der Waals surface area contributed by atoms with Crippen LogP contribution in [0.3, 0.4) is 0 Å². The van der Waals surface area contributed by atoms with Crippen molar-refractivity contribution in [2.24, 2.45) is 5.92 Å². The van der Waals surface area contributed by atoms with Crippen molar-refractivity contribution in [3.63, 3.8) is 0 Å². The molecule has 1 unspecified atom stereocenters. The maximum atomic E-state index is 9.36. The maximum Gasteiger partial charge on any atom is 0.0946 e.